The third-order valence-electron chi connectivity index (χ3n) is 8.67. The van der Waals surface area contributed by atoms with Crippen LogP contribution in [0.3, 0.4) is 0 Å². The minimum Gasteiger partial charge on any atom is -0.372 e. The molecular formula is C39H54N2. The summed E-state index contributed by atoms with van der Waals surface area (Å²) in [4.78, 5) is 7.60. The van der Waals surface area contributed by atoms with Gasteiger partial charge in [0.05, 0.1) is 11.0 Å². The summed E-state index contributed by atoms with van der Waals surface area (Å²) in [5.41, 5.74) is 6.05. The minimum absolute atomic E-state index is 1.06. The van der Waals surface area contributed by atoms with Gasteiger partial charge in [-0.1, -0.05) is 146 Å². The number of hydrogen-bond donors (Lipinski definition) is 0. The molecule has 0 saturated carbocycles. The smallest absolute Gasteiger partial charge is 0.0715 e. The lowest BCUT2D eigenvalue weighted by Gasteiger charge is -2.25. The molecule has 4 aromatic rings. The summed E-state index contributed by atoms with van der Waals surface area (Å²) in [5, 5.41) is 2.43. The second-order valence-electron chi connectivity index (χ2n) is 12.0. The van der Waals surface area contributed by atoms with Crippen molar-refractivity contribution in [2.24, 2.45) is 0 Å². The van der Waals surface area contributed by atoms with E-state index in [4.69, 9.17) is 4.98 Å². The van der Waals surface area contributed by atoms with Gasteiger partial charge in [-0.3, -0.25) is 0 Å². The van der Waals surface area contributed by atoms with Gasteiger partial charge in [0.2, 0.25) is 0 Å². The van der Waals surface area contributed by atoms with Crippen molar-refractivity contribution in [2.45, 2.75) is 117 Å². The molecule has 0 aliphatic rings. The first kappa shape index (κ1) is 31.1. The van der Waals surface area contributed by atoms with Crippen LogP contribution in [-0.4, -0.2) is 18.1 Å². The molecular weight excluding hydrogens is 496 g/mol. The van der Waals surface area contributed by atoms with E-state index in [0.717, 1.165) is 11.0 Å². The SMILES string of the molecule is CCCCCCCCCCN(CCCCCCCCCC)c1ccc(-c2cccc3nc4ccccc4cc23)cc1. The molecule has 2 heteroatoms. The number of hydrogen-bond acceptors (Lipinski definition) is 2. The summed E-state index contributed by atoms with van der Waals surface area (Å²) in [6, 6.07) is 26.6. The summed E-state index contributed by atoms with van der Waals surface area (Å²) >= 11 is 0. The molecule has 0 aliphatic heterocycles. The van der Waals surface area contributed by atoms with Crippen molar-refractivity contribution in [2.75, 3.05) is 18.0 Å². The molecule has 220 valence electrons. The first-order valence-electron chi connectivity index (χ1n) is 16.9. The summed E-state index contributed by atoms with van der Waals surface area (Å²) in [5.74, 6) is 0. The second kappa shape index (κ2) is 17.8. The molecule has 0 saturated heterocycles. The largest absolute Gasteiger partial charge is 0.372 e. The fraction of sp³-hybridized carbons (Fsp3) is 0.513. The van der Waals surface area contributed by atoms with Gasteiger partial charge in [-0.05, 0) is 54.3 Å². The minimum atomic E-state index is 1.06. The molecule has 4 rings (SSSR count). The molecule has 0 amide bonds. The summed E-state index contributed by atoms with van der Waals surface area (Å²) < 4.78 is 0. The van der Waals surface area contributed by atoms with Gasteiger partial charge in [0.25, 0.3) is 0 Å². The Labute approximate surface area is 250 Å². The molecule has 0 N–H and O–H groups in total. The van der Waals surface area contributed by atoms with Crippen LogP contribution in [0.2, 0.25) is 0 Å². The molecule has 3 aromatic carbocycles. The van der Waals surface area contributed by atoms with Crippen molar-refractivity contribution >= 4 is 27.5 Å². The van der Waals surface area contributed by atoms with Gasteiger partial charge in [-0.25, -0.2) is 4.98 Å². The predicted octanol–water partition coefficient (Wildman–Crippen LogP) is 12.1. The molecule has 41 heavy (non-hydrogen) atoms. The van der Waals surface area contributed by atoms with E-state index in [-0.39, 0.29) is 0 Å². The normalized spacial score (nSPS) is 11.5. The standard InChI is InChI=1S/C39H54N2/c1-3-5-7-9-11-13-15-19-30-41(31-20-16-14-12-10-8-6-4-2)35-28-26-33(27-29-35)36-23-21-25-39-37(36)32-34-22-17-18-24-38(34)40-39/h17-18,21-29,32H,3-16,19-20,30-31H2,1-2H3. The number of benzene rings is 3. The van der Waals surface area contributed by atoms with Crippen LogP contribution >= 0.6 is 0 Å². The molecule has 0 aliphatic carbocycles. The molecule has 1 aromatic heterocycles. The fourth-order valence-corrected chi connectivity index (χ4v) is 6.15. The van der Waals surface area contributed by atoms with E-state index in [2.05, 4.69) is 91.5 Å². The Bertz CT molecular complexity index is 1260. The van der Waals surface area contributed by atoms with Crippen LogP contribution in [0, 0.1) is 0 Å². The summed E-state index contributed by atoms with van der Waals surface area (Å²) in [7, 11) is 0. The molecule has 0 atom stereocenters. The summed E-state index contributed by atoms with van der Waals surface area (Å²) in [6.07, 6.45) is 22.0. The van der Waals surface area contributed by atoms with E-state index < -0.39 is 0 Å². The maximum Gasteiger partial charge on any atom is 0.0715 e. The summed E-state index contributed by atoms with van der Waals surface area (Å²) in [6.45, 7) is 6.95. The van der Waals surface area contributed by atoms with Crippen molar-refractivity contribution in [3.63, 3.8) is 0 Å². The number of para-hydroxylation sites is 1. The average molecular weight is 551 g/mol. The number of nitrogens with zero attached hydrogens (tertiary/aromatic N) is 2. The van der Waals surface area contributed by atoms with Gasteiger partial charge in [0.15, 0.2) is 0 Å². The maximum atomic E-state index is 4.94. The maximum absolute atomic E-state index is 4.94. The zero-order chi connectivity index (χ0) is 28.5. The first-order valence-corrected chi connectivity index (χ1v) is 16.9. The van der Waals surface area contributed by atoms with Gasteiger partial charge in [-0.15, -0.1) is 0 Å². The predicted molar refractivity (Wildman–Crippen MR) is 182 cm³/mol. The Morgan fingerprint density at radius 1 is 0.512 bits per heavy atom. The average Bonchev–Trinajstić information content (AvgIpc) is 3.01. The Balaban J connectivity index is 1.39. The van der Waals surface area contributed by atoms with Gasteiger partial charge in [-0.2, -0.15) is 0 Å². The molecule has 0 unspecified atom stereocenters. The number of rotatable bonds is 20. The lowest BCUT2D eigenvalue weighted by molar-refractivity contribution is 0.555. The van der Waals surface area contributed by atoms with Gasteiger partial charge >= 0.3 is 0 Å². The highest BCUT2D eigenvalue weighted by Gasteiger charge is 2.10. The Morgan fingerprint density at radius 2 is 1.05 bits per heavy atom. The fourth-order valence-electron chi connectivity index (χ4n) is 6.15. The zero-order valence-corrected chi connectivity index (χ0v) is 26.1. The Hall–Kier alpha value is -2.87. The lowest BCUT2D eigenvalue weighted by Crippen LogP contribution is -2.25. The molecule has 0 spiro atoms. The van der Waals surface area contributed by atoms with Crippen molar-refractivity contribution in [1.29, 1.82) is 0 Å². The zero-order valence-electron chi connectivity index (χ0n) is 26.1. The van der Waals surface area contributed by atoms with Crippen molar-refractivity contribution in [3.8, 4) is 11.1 Å². The van der Waals surface area contributed by atoms with Gasteiger partial charge in [0, 0.05) is 29.5 Å². The molecule has 1 heterocycles. The highest BCUT2D eigenvalue weighted by molar-refractivity contribution is 6.01. The third kappa shape index (κ3) is 9.87. The van der Waals surface area contributed by atoms with Crippen LogP contribution < -0.4 is 4.90 Å². The van der Waals surface area contributed by atoms with Crippen molar-refractivity contribution < 1.29 is 0 Å². The van der Waals surface area contributed by atoms with E-state index in [9.17, 15) is 0 Å². The van der Waals surface area contributed by atoms with Crippen molar-refractivity contribution in [3.05, 3.63) is 72.8 Å². The lowest BCUT2D eigenvalue weighted by atomic mass is 9.99. The van der Waals surface area contributed by atoms with Crippen LogP contribution in [0.25, 0.3) is 32.9 Å². The number of unbranched alkanes of at least 4 members (excludes halogenated alkanes) is 14. The number of pyridine rings is 1. The van der Waals surface area contributed by atoms with Crippen LogP contribution in [0.5, 0.6) is 0 Å². The highest BCUT2D eigenvalue weighted by Crippen LogP contribution is 2.31. The number of aromatic nitrogens is 1. The Morgan fingerprint density at radius 3 is 1.66 bits per heavy atom. The van der Waals surface area contributed by atoms with Crippen molar-refractivity contribution in [1.82, 2.24) is 4.98 Å². The highest BCUT2D eigenvalue weighted by atomic mass is 15.1. The topological polar surface area (TPSA) is 16.1 Å². The monoisotopic (exact) mass is 550 g/mol. The van der Waals surface area contributed by atoms with Crippen LogP contribution in [0.1, 0.15) is 117 Å². The van der Waals surface area contributed by atoms with E-state index in [1.54, 1.807) is 0 Å². The quantitative estimate of drug-likeness (QED) is 0.0803. The second-order valence-corrected chi connectivity index (χ2v) is 12.0. The van der Waals surface area contributed by atoms with Crippen LogP contribution in [0.4, 0.5) is 5.69 Å². The van der Waals surface area contributed by atoms with Gasteiger partial charge < -0.3 is 4.90 Å². The molecule has 0 bridgehead atoms. The molecule has 2 nitrogen and oxygen atoms in total. The van der Waals surface area contributed by atoms with E-state index in [1.807, 2.05) is 0 Å². The molecule has 0 fully saturated rings. The van der Waals surface area contributed by atoms with E-state index in [0.29, 0.717) is 0 Å². The Kier molecular flexibility index (Phi) is 13.5. The molecule has 0 radical (unpaired) electrons. The number of fused-ring (bicyclic) bond motifs is 2. The van der Waals surface area contributed by atoms with Crippen LogP contribution in [0.15, 0.2) is 72.8 Å². The third-order valence-corrected chi connectivity index (χ3v) is 8.67. The number of anilines is 1. The van der Waals surface area contributed by atoms with Crippen LogP contribution in [-0.2, 0) is 0 Å². The van der Waals surface area contributed by atoms with E-state index in [1.165, 1.54) is 143 Å². The van der Waals surface area contributed by atoms with E-state index >= 15 is 0 Å². The first-order chi connectivity index (χ1) is 20.3. The van der Waals surface area contributed by atoms with Gasteiger partial charge in [0.1, 0.15) is 0 Å².